The molecule has 1 saturated heterocycles. The largest absolute Gasteiger partial charge is 0.376 e. The van der Waals surface area contributed by atoms with Crippen LogP contribution in [-0.4, -0.2) is 21.8 Å². The number of ether oxygens (including phenoxy) is 1. The predicted molar refractivity (Wildman–Crippen MR) is 99.6 cm³/mol. The highest BCUT2D eigenvalue weighted by Crippen LogP contribution is 2.28. The van der Waals surface area contributed by atoms with Crippen LogP contribution in [0, 0.1) is 6.92 Å². The minimum absolute atomic E-state index is 0. The van der Waals surface area contributed by atoms with Crippen molar-refractivity contribution in [2.45, 2.75) is 58.8 Å². The molecule has 2 N–H and O–H groups in total. The maximum absolute atomic E-state index is 12.9. The Hall–Kier alpha value is -1.15. The van der Waals surface area contributed by atoms with Gasteiger partial charge in [0.05, 0.1) is 18.0 Å². The van der Waals surface area contributed by atoms with Gasteiger partial charge in [-0.1, -0.05) is 0 Å². The van der Waals surface area contributed by atoms with E-state index in [-0.39, 0.29) is 35.8 Å². The number of thiophene rings is 1. The third-order valence-electron chi connectivity index (χ3n) is 4.45. The molecule has 0 spiro atoms. The van der Waals surface area contributed by atoms with Crippen LogP contribution >= 0.6 is 23.7 Å². The lowest BCUT2D eigenvalue weighted by Gasteiger charge is -2.17. The fourth-order valence-electron chi connectivity index (χ4n) is 3.21. The van der Waals surface area contributed by atoms with Crippen LogP contribution in [0.15, 0.2) is 9.59 Å². The zero-order valence-corrected chi connectivity index (χ0v) is 15.8. The molecule has 3 rings (SSSR count). The van der Waals surface area contributed by atoms with Crippen molar-refractivity contribution in [2.24, 2.45) is 5.73 Å². The maximum atomic E-state index is 12.9. The number of hydrogen-bond donors (Lipinski definition) is 1. The molecule has 1 unspecified atom stereocenters. The van der Waals surface area contributed by atoms with Crippen molar-refractivity contribution in [3.8, 4) is 0 Å². The fraction of sp³-hybridized carbons (Fsp3) is 0.625. The van der Waals surface area contributed by atoms with Crippen LogP contribution in [0.3, 0.4) is 0 Å². The molecule has 0 aromatic carbocycles. The van der Waals surface area contributed by atoms with Crippen molar-refractivity contribution in [1.82, 2.24) is 9.13 Å². The molecule has 0 radical (unpaired) electrons. The van der Waals surface area contributed by atoms with Gasteiger partial charge in [0.1, 0.15) is 4.83 Å². The van der Waals surface area contributed by atoms with E-state index in [0.717, 1.165) is 34.7 Å². The van der Waals surface area contributed by atoms with Gasteiger partial charge >= 0.3 is 5.69 Å². The molecule has 6 nitrogen and oxygen atoms in total. The molecule has 134 valence electrons. The Morgan fingerprint density at radius 2 is 2.08 bits per heavy atom. The Balaban J connectivity index is 0.00000208. The highest BCUT2D eigenvalue weighted by Gasteiger charge is 2.24. The second-order valence-corrected chi connectivity index (χ2v) is 7.42. The quantitative estimate of drug-likeness (QED) is 0.890. The minimum Gasteiger partial charge on any atom is -0.376 e. The van der Waals surface area contributed by atoms with Gasteiger partial charge in [-0.25, -0.2) is 4.79 Å². The summed E-state index contributed by atoms with van der Waals surface area (Å²) in [4.78, 5) is 27.4. The van der Waals surface area contributed by atoms with Gasteiger partial charge in [0.15, 0.2) is 0 Å². The smallest absolute Gasteiger partial charge is 0.332 e. The number of aryl methyl sites for hydroxylation is 1. The first kappa shape index (κ1) is 19.2. The molecule has 1 atom stereocenters. The third-order valence-corrected chi connectivity index (χ3v) is 5.79. The number of aromatic nitrogens is 2. The predicted octanol–water partition coefficient (Wildman–Crippen LogP) is 2.17. The van der Waals surface area contributed by atoms with Crippen molar-refractivity contribution in [3.63, 3.8) is 0 Å². The number of fused-ring (bicyclic) bond motifs is 1. The molecule has 1 aliphatic rings. The van der Waals surface area contributed by atoms with Crippen LogP contribution in [0.25, 0.3) is 10.2 Å². The second-order valence-electron chi connectivity index (χ2n) is 6.33. The monoisotopic (exact) mass is 373 g/mol. The van der Waals surface area contributed by atoms with Crippen LogP contribution in [0.4, 0.5) is 0 Å². The molecule has 24 heavy (non-hydrogen) atoms. The van der Waals surface area contributed by atoms with Gasteiger partial charge < -0.3 is 10.5 Å². The Morgan fingerprint density at radius 1 is 1.38 bits per heavy atom. The zero-order chi connectivity index (χ0) is 16.7. The van der Waals surface area contributed by atoms with E-state index in [1.165, 1.54) is 15.9 Å². The molecule has 0 amide bonds. The van der Waals surface area contributed by atoms with E-state index in [9.17, 15) is 9.59 Å². The molecular formula is C16H24ClN3O3S. The number of rotatable bonds is 4. The highest BCUT2D eigenvalue weighted by molar-refractivity contribution is 7.18. The first-order valence-electron chi connectivity index (χ1n) is 8.04. The van der Waals surface area contributed by atoms with E-state index in [2.05, 4.69) is 0 Å². The van der Waals surface area contributed by atoms with Gasteiger partial charge in [0.25, 0.3) is 5.56 Å². The molecule has 2 aromatic rings. The van der Waals surface area contributed by atoms with Crippen LogP contribution in [0.2, 0.25) is 0 Å². The topological polar surface area (TPSA) is 79.3 Å². The normalized spacial score (nSPS) is 17.6. The van der Waals surface area contributed by atoms with E-state index in [4.69, 9.17) is 10.5 Å². The Labute approximate surface area is 150 Å². The van der Waals surface area contributed by atoms with Gasteiger partial charge in [-0.05, 0) is 39.2 Å². The standard InChI is InChI=1S/C16H23N3O3S.ClH/c1-9(2)19-14(20)13-10(3)12(7-17)23-15(13)18(16(19)21)8-11-5-4-6-22-11;/h9,11H,4-8,17H2,1-3H3;1H. The van der Waals surface area contributed by atoms with Gasteiger partial charge in [-0.3, -0.25) is 13.9 Å². The molecular weight excluding hydrogens is 350 g/mol. The molecule has 1 aliphatic heterocycles. The average molecular weight is 374 g/mol. The maximum Gasteiger partial charge on any atom is 0.332 e. The number of hydrogen-bond acceptors (Lipinski definition) is 5. The number of nitrogens with two attached hydrogens (primary N) is 1. The molecule has 8 heteroatoms. The Kier molecular flexibility index (Phi) is 5.91. The molecule has 2 aromatic heterocycles. The Morgan fingerprint density at radius 3 is 2.62 bits per heavy atom. The molecule has 0 saturated carbocycles. The van der Waals surface area contributed by atoms with E-state index in [1.807, 2.05) is 20.8 Å². The summed E-state index contributed by atoms with van der Waals surface area (Å²) in [7, 11) is 0. The van der Waals surface area contributed by atoms with Gasteiger partial charge in [-0.15, -0.1) is 23.7 Å². The van der Waals surface area contributed by atoms with Crippen LogP contribution in [-0.2, 0) is 17.8 Å². The number of nitrogens with zero attached hydrogens (tertiary/aromatic N) is 2. The van der Waals surface area contributed by atoms with E-state index in [0.29, 0.717) is 18.5 Å². The second kappa shape index (κ2) is 7.39. The first-order chi connectivity index (χ1) is 11.0. The molecule has 1 fully saturated rings. The van der Waals surface area contributed by atoms with Crippen molar-refractivity contribution < 1.29 is 4.74 Å². The third kappa shape index (κ3) is 3.06. The average Bonchev–Trinajstić information content (AvgIpc) is 3.10. The van der Waals surface area contributed by atoms with E-state index in [1.54, 1.807) is 4.57 Å². The van der Waals surface area contributed by atoms with Crippen molar-refractivity contribution in [1.29, 1.82) is 0 Å². The van der Waals surface area contributed by atoms with Crippen LogP contribution in [0.1, 0.15) is 43.2 Å². The summed E-state index contributed by atoms with van der Waals surface area (Å²) < 4.78 is 8.74. The minimum atomic E-state index is -0.252. The fourth-order valence-corrected chi connectivity index (χ4v) is 4.39. The molecule has 0 bridgehead atoms. The summed E-state index contributed by atoms with van der Waals surface area (Å²) in [6, 6.07) is -0.184. The summed E-state index contributed by atoms with van der Waals surface area (Å²) in [5.74, 6) is 0. The Bertz CT molecular complexity index is 847. The van der Waals surface area contributed by atoms with E-state index < -0.39 is 0 Å². The summed E-state index contributed by atoms with van der Waals surface area (Å²) in [5.41, 5.74) is 6.24. The van der Waals surface area contributed by atoms with E-state index >= 15 is 0 Å². The number of halogens is 1. The lowest BCUT2D eigenvalue weighted by atomic mass is 10.2. The van der Waals surface area contributed by atoms with Crippen molar-refractivity contribution >= 4 is 34.0 Å². The first-order valence-corrected chi connectivity index (χ1v) is 8.86. The SMILES string of the molecule is Cc1c(CN)sc2c1c(=O)n(C(C)C)c(=O)n2CC1CCCO1.Cl. The summed E-state index contributed by atoms with van der Waals surface area (Å²) in [5, 5.41) is 0.627. The zero-order valence-electron chi connectivity index (χ0n) is 14.2. The van der Waals surface area contributed by atoms with Crippen molar-refractivity contribution in [2.75, 3.05) is 6.61 Å². The summed E-state index contributed by atoms with van der Waals surface area (Å²) >= 11 is 1.45. The van der Waals surface area contributed by atoms with Crippen LogP contribution in [0.5, 0.6) is 0 Å². The molecule has 3 heterocycles. The van der Waals surface area contributed by atoms with Gasteiger partial charge in [0.2, 0.25) is 0 Å². The lowest BCUT2D eigenvalue weighted by molar-refractivity contribution is 0.0965. The van der Waals surface area contributed by atoms with Crippen LogP contribution < -0.4 is 17.0 Å². The van der Waals surface area contributed by atoms with Gasteiger partial charge in [0, 0.05) is 24.1 Å². The lowest BCUT2D eigenvalue weighted by Crippen LogP contribution is -2.42. The van der Waals surface area contributed by atoms with Crippen molar-refractivity contribution in [3.05, 3.63) is 31.3 Å². The highest BCUT2D eigenvalue weighted by atomic mass is 35.5. The summed E-state index contributed by atoms with van der Waals surface area (Å²) in [6.45, 7) is 7.23. The molecule has 0 aliphatic carbocycles. The van der Waals surface area contributed by atoms with Gasteiger partial charge in [-0.2, -0.15) is 0 Å². The summed E-state index contributed by atoms with van der Waals surface area (Å²) in [6.07, 6.45) is 2.00.